The van der Waals surface area contributed by atoms with E-state index in [1.54, 1.807) is 0 Å². The first-order valence-electron chi connectivity index (χ1n) is 5.97. The lowest BCUT2D eigenvalue weighted by Gasteiger charge is -2.33. The second-order valence-corrected chi connectivity index (χ2v) is 5.10. The molecule has 1 heterocycles. The standard InChI is InChI=1S/C12H20O3/c1-7-8(2)15-10-5-3-4-9(12(7)10)6-11(13)14/h7-10,12H,3-6H2,1-2H3,(H,13,14)/t7-,8-,9+,10-,12+/m1/s1. The maximum Gasteiger partial charge on any atom is 0.303 e. The SMILES string of the molecule is C[C@H]1[C@H]2[C@H](CC(=O)O)CCC[C@H]2O[C@@H]1C. The number of carboxylic acid groups (broad SMARTS) is 1. The summed E-state index contributed by atoms with van der Waals surface area (Å²) in [5.41, 5.74) is 0. The number of hydrogen-bond acceptors (Lipinski definition) is 2. The molecule has 0 amide bonds. The van der Waals surface area contributed by atoms with E-state index >= 15 is 0 Å². The van der Waals surface area contributed by atoms with E-state index in [1.807, 2.05) is 0 Å². The molecule has 3 nitrogen and oxygen atoms in total. The van der Waals surface area contributed by atoms with Gasteiger partial charge in [0, 0.05) is 6.42 Å². The Labute approximate surface area is 90.8 Å². The fraction of sp³-hybridized carbons (Fsp3) is 0.917. The fourth-order valence-electron chi connectivity index (χ4n) is 3.37. The Hall–Kier alpha value is -0.570. The predicted molar refractivity (Wildman–Crippen MR) is 56.6 cm³/mol. The topological polar surface area (TPSA) is 46.5 Å². The number of carbonyl (C=O) groups is 1. The average Bonchev–Trinajstić information content (AvgIpc) is 2.43. The molecule has 0 spiro atoms. The summed E-state index contributed by atoms with van der Waals surface area (Å²) in [5, 5.41) is 8.90. The largest absolute Gasteiger partial charge is 0.481 e. The smallest absolute Gasteiger partial charge is 0.303 e. The second kappa shape index (κ2) is 4.12. The van der Waals surface area contributed by atoms with Crippen LogP contribution < -0.4 is 0 Å². The van der Waals surface area contributed by atoms with E-state index in [4.69, 9.17) is 9.84 Å². The Morgan fingerprint density at radius 2 is 2.13 bits per heavy atom. The summed E-state index contributed by atoms with van der Waals surface area (Å²) in [6, 6.07) is 0. The van der Waals surface area contributed by atoms with E-state index < -0.39 is 5.97 Å². The van der Waals surface area contributed by atoms with Crippen molar-refractivity contribution in [2.75, 3.05) is 0 Å². The third-order valence-corrected chi connectivity index (χ3v) is 4.21. The summed E-state index contributed by atoms with van der Waals surface area (Å²) in [4.78, 5) is 10.8. The van der Waals surface area contributed by atoms with Gasteiger partial charge < -0.3 is 9.84 Å². The van der Waals surface area contributed by atoms with E-state index in [2.05, 4.69) is 13.8 Å². The molecule has 0 unspecified atom stereocenters. The van der Waals surface area contributed by atoms with Gasteiger partial charge in [0.05, 0.1) is 12.2 Å². The average molecular weight is 212 g/mol. The summed E-state index contributed by atoms with van der Waals surface area (Å²) in [7, 11) is 0. The van der Waals surface area contributed by atoms with Crippen molar-refractivity contribution in [3.63, 3.8) is 0 Å². The molecule has 0 aromatic rings. The van der Waals surface area contributed by atoms with Gasteiger partial charge in [-0.15, -0.1) is 0 Å². The van der Waals surface area contributed by atoms with Crippen LogP contribution in [0.3, 0.4) is 0 Å². The van der Waals surface area contributed by atoms with Crippen LogP contribution in [0.25, 0.3) is 0 Å². The van der Waals surface area contributed by atoms with Crippen molar-refractivity contribution in [3.05, 3.63) is 0 Å². The van der Waals surface area contributed by atoms with E-state index in [9.17, 15) is 4.79 Å². The summed E-state index contributed by atoms with van der Waals surface area (Å²) in [6.45, 7) is 4.32. The zero-order valence-corrected chi connectivity index (χ0v) is 9.48. The highest BCUT2D eigenvalue weighted by Crippen LogP contribution is 2.45. The summed E-state index contributed by atoms with van der Waals surface area (Å²) < 4.78 is 5.90. The van der Waals surface area contributed by atoms with Crippen molar-refractivity contribution in [3.8, 4) is 0 Å². The zero-order valence-electron chi connectivity index (χ0n) is 9.48. The Balaban J connectivity index is 2.08. The van der Waals surface area contributed by atoms with Crippen LogP contribution in [0.2, 0.25) is 0 Å². The maximum absolute atomic E-state index is 10.8. The van der Waals surface area contributed by atoms with Gasteiger partial charge in [0.1, 0.15) is 0 Å². The number of rotatable bonds is 2. The summed E-state index contributed by atoms with van der Waals surface area (Å²) >= 11 is 0. The van der Waals surface area contributed by atoms with Crippen molar-refractivity contribution >= 4 is 5.97 Å². The fourth-order valence-corrected chi connectivity index (χ4v) is 3.37. The molecule has 0 radical (unpaired) electrons. The lowest BCUT2D eigenvalue weighted by atomic mass is 9.71. The molecule has 15 heavy (non-hydrogen) atoms. The molecule has 1 saturated heterocycles. The number of carboxylic acids is 1. The van der Waals surface area contributed by atoms with Gasteiger partial charge in [0.25, 0.3) is 0 Å². The molecule has 1 saturated carbocycles. The van der Waals surface area contributed by atoms with E-state index in [0.29, 0.717) is 36.4 Å². The molecule has 0 aromatic heterocycles. The normalized spacial score (nSPS) is 45.1. The molecule has 2 rings (SSSR count). The highest BCUT2D eigenvalue weighted by Gasteiger charge is 2.45. The zero-order chi connectivity index (χ0) is 11.0. The number of fused-ring (bicyclic) bond motifs is 1. The van der Waals surface area contributed by atoms with Gasteiger partial charge in [-0.05, 0) is 37.5 Å². The maximum atomic E-state index is 10.8. The van der Waals surface area contributed by atoms with Gasteiger partial charge in [0.2, 0.25) is 0 Å². The first kappa shape index (κ1) is 10.9. The molecule has 0 aromatic carbocycles. The van der Waals surface area contributed by atoms with Crippen molar-refractivity contribution < 1.29 is 14.6 Å². The predicted octanol–water partition coefficient (Wildman–Crippen LogP) is 2.30. The van der Waals surface area contributed by atoms with Gasteiger partial charge in [-0.3, -0.25) is 4.79 Å². The lowest BCUT2D eigenvalue weighted by Crippen LogP contribution is -2.33. The van der Waals surface area contributed by atoms with Crippen molar-refractivity contribution in [2.24, 2.45) is 17.8 Å². The summed E-state index contributed by atoms with van der Waals surface area (Å²) in [5.74, 6) is 0.665. The van der Waals surface area contributed by atoms with Crippen LogP contribution in [0, 0.1) is 17.8 Å². The quantitative estimate of drug-likeness (QED) is 0.764. The lowest BCUT2D eigenvalue weighted by molar-refractivity contribution is -0.139. The molecule has 86 valence electrons. The van der Waals surface area contributed by atoms with Crippen molar-refractivity contribution in [1.29, 1.82) is 0 Å². The minimum absolute atomic E-state index is 0.300. The van der Waals surface area contributed by atoms with E-state index in [-0.39, 0.29) is 0 Å². The number of ether oxygens (including phenoxy) is 1. The number of aliphatic carboxylic acids is 1. The van der Waals surface area contributed by atoms with Crippen molar-refractivity contribution in [2.45, 2.75) is 51.7 Å². The molecule has 5 atom stereocenters. The van der Waals surface area contributed by atoms with Crippen LogP contribution in [0.5, 0.6) is 0 Å². The molecule has 1 aliphatic heterocycles. The van der Waals surface area contributed by atoms with Crippen LogP contribution in [-0.2, 0) is 9.53 Å². The highest BCUT2D eigenvalue weighted by molar-refractivity contribution is 5.67. The molecule has 0 bridgehead atoms. The second-order valence-electron chi connectivity index (χ2n) is 5.10. The molecule has 2 aliphatic rings. The Kier molecular flexibility index (Phi) is 3.01. The first-order valence-corrected chi connectivity index (χ1v) is 5.97. The van der Waals surface area contributed by atoms with Crippen LogP contribution >= 0.6 is 0 Å². The monoisotopic (exact) mass is 212 g/mol. The van der Waals surface area contributed by atoms with E-state index in [0.717, 1.165) is 19.3 Å². The number of hydrogen-bond donors (Lipinski definition) is 1. The van der Waals surface area contributed by atoms with Crippen LogP contribution in [0.4, 0.5) is 0 Å². The third-order valence-electron chi connectivity index (χ3n) is 4.21. The third kappa shape index (κ3) is 2.03. The first-order chi connectivity index (χ1) is 7.09. The Bertz CT molecular complexity index is 251. The van der Waals surface area contributed by atoms with Gasteiger partial charge in [0.15, 0.2) is 0 Å². The van der Waals surface area contributed by atoms with Gasteiger partial charge in [-0.1, -0.05) is 13.3 Å². The molecule has 1 N–H and O–H groups in total. The van der Waals surface area contributed by atoms with Gasteiger partial charge in [-0.25, -0.2) is 0 Å². The summed E-state index contributed by atoms with van der Waals surface area (Å²) in [6.07, 6.45) is 4.26. The molecular weight excluding hydrogens is 192 g/mol. The van der Waals surface area contributed by atoms with E-state index in [1.165, 1.54) is 0 Å². The molecule has 3 heteroatoms. The Morgan fingerprint density at radius 3 is 2.80 bits per heavy atom. The minimum atomic E-state index is -0.660. The minimum Gasteiger partial charge on any atom is -0.481 e. The molecule has 1 aliphatic carbocycles. The van der Waals surface area contributed by atoms with Crippen LogP contribution in [-0.4, -0.2) is 23.3 Å². The van der Waals surface area contributed by atoms with Gasteiger partial charge >= 0.3 is 5.97 Å². The van der Waals surface area contributed by atoms with Gasteiger partial charge in [-0.2, -0.15) is 0 Å². The highest BCUT2D eigenvalue weighted by atomic mass is 16.5. The van der Waals surface area contributed by atoms with Crippen LogP contribution in [0.15, 0.2) is 0 Å². The molecular formula is C12H20O3. The Morgan fingerprint density at radius 1 is 1.40 bits per heavy atom. The van der Waals surface area contributed by atoms with Crippen LogP contribution in [0.1, 0.15) is 39.5 Å². The molecule has 2 fully saturated rings. The van der Waals surface area contributed by atoms with Crippen molar-refractivity contribution in [1.82, 2.24) is 0 Å².